The molecule has 1 atom stereocenters. The largest absolute Gasteiger partial charge is 0.486 e. The predicted octanol–water partition coefficient (Wildman–Crippen LogP) is 2.42. The first-order chi connectivity index (χ1) is 15.3. The van der Waals surface area contributed by atoms with Crippen LogP contribution in [-0.2, 0) is 19.6 Å². The second-order valence-electron chi connectivity index (χ2n) is 6.80. The number of Topliss-reactive ketones (excluding diaryl/α,β-unsaturated/α-hetero) is 1. The average Bonchev–Trinajstić information content (AvgIpc) is 2.80. The van der Waals surface area contributed by atoms with Crippen LogP contribution in [0.2, 0.25) is 0 Å². The van der Waals surface area contributed by atoms with E-state index in [1.165, 1.54) is 42.1 Å². The number of carbonyl (C=O) groups excluding carboxylic acids is 2. The molecule has 1 heterocycles. The summed E-state index contributed by atoms with van der Waals surface area (Å²) in [4.78, 5) is 24.6. The van der Waals surface area contributed by atoms with E-state index in [-0.39, 0.29) is 16.9 Å². The highest BCUT2D eigenvalue weighted by Gasteiger charge is 2.28. The third-order valence-corrected chi connectivity index (χ3v) is 6.64. The van der Waals surface area contributed by atoms with Gasteiger partial charge in [-0.15, -0.1) is 0 Å². The van der Waals surface area contributed by atoms with Gasteiger partial charge in [0.2, 0.25) is 10.0 Å². The second-order valence-corrected chi connectivity index (χ2v) is 9.50. The number of ketones is 1. The van der Waals surface area contributed by atoms with Crippen LogP contribution in [0.4, 0.5) is 4.39 Å². The molecule has 11 heteroatoms. The SMILES string of the molecule is CSCC[C@H](NS(=O)(=O)c1ccc2c(c1)OCCO2)C(=O)OCC(=O)c1ccc(F)cc1. The molecular weight excluding hydrogens is 461 g/mol. The maximum Gasteiger partial charge on any atom is 0.324 e. The molecule has 0 bridgehead atoms. The van der Waals surface area contributed by atoms with Gasteiger partial charge in [-0.3, -0.25) is 9.59 Å². The van der Waals surface area contributed by atoms with E-state index in [0.717, 1.165) is 12.1 Å². The van der Waals surface area contributed by atoms with Crippen molar-refractivity contribution in [3.63, 3.8) is 0 Å². The van der Waals surface area contributed by atoms with Gasteiger partial charge in [0.15, 0.2) is 23.9 Å². The summed E-state index contributed by atoms with van der Waals surface area (Å²) in [7, 11) is -4.09. The van der Waals surface area contributed by atoms with Gasteiger partial charge in [-0.05, 0) is 54.8 Å². The summed E-state index contributed by atoms with van der Waals surface area (Å²) in [6.07, 6.45) is 1.98. The first-order valence-corrected chi connectivity index (χ1v) is 12.5. The minimum Gasteiger partial charge on any atom is -0.486 e. The van der Waals surface area contributed by atoms with Crippen LogP contribution in [0.3, 0.4) is 0 Å². The summed E-state index contributed by atoms with van der Waals surface area (Å²) in [5.74, 6) is -0.688. The molecule has 2 aromatic carbocycles. The molecule has 1 aliphatic rings. The number of carbonyl (C=O) groups is 2. The van der Waals surface area contributed by atoms with Crippen molar-refractivity contribution in [3.05, 3.63) is 53.8 Å². The highest BCUT2D eigenvalue weighted by atomic mass is 32.2. The van der Waals surface area contributed by atoms with Crippen molar-refractivity contribution in [1.29, 1.82) is 0 Å². The number of halogens is 1. The van der Waals surface area contributed by atoms with Crippen LogP contribution in [0.15, 0.2) is 47.4 Å². The quantitative estimate of drug-likeness (QED) is 0.406. The van der Waals surface area contributed by atoms with Crippen LogP contribution in [0.5, 0.6) is 11.5 Å². The zero-order valence-corrected chi connectivity index (χ0v) is 18.8. The summed E-state index contributed by atoms with van der Waals surface area (Å²) in [6, 6.07) is 7.77. The van der Waals surface area contributed by atoms with Crippen LogP contribution in [0.1, 0.15) is 16.8 Å². The number of nitrogens with one attached hydrogen (secondary N) is 1. The fraction of sp³-hybridized carbons (Fsp3) is 0.333. The van der Waals surface area contributed by atoms with Crippen molar-refractivity contribution in [2.24, 2.45) is 0 Å². The third kappa shape index (κ3) is 6.21. The number of ether oxygens (including phenoxy) is 3. The van der Waals surface area contributed by atoms with Gasteiger partial charge in [0.05, 0.1) is 4.90 Å². The number of hydrogen-bond donors (Lipinski definition) is 1. The molecule has 0 radical (unpaired) electrons. The van der Waals surface area contributed by atoms with Crippen molar-refractivity contribution in [2.75, 3.05) is 31.8 Å². The average molecular weight is 484 g/mol. The Morgan fingerprint density at radius 1 is 1.12 bits per heavy atom. The lowest BCUT2D eigenvalue weighted by Gasteiger charge is -2.20. The van der Waals surface area contributed by atoms with Gasteiger partial charge in [-0.25, -0.2) is 12.8 Å². The maximum absolute atomic E-state index is 13.0. The molecule has 8 nitrogen and oxygen atoms in total. The van der Waals surface area contributed by atoms with Crippen molar-refractivity contribution in [2.45, 2.75) is 17.4 Å². The van der Waals surface area contributed by atoms with E-state index >= 15 is 0 Å². The van der Waals surface area contributed by atoms with Crippen LogP contribution < -0.4 is 14.2 Å². The fourth-order valence-corrected chi connectivity index (χ4v) is 4.57. The molecule has 0 saturated heterocycles. The Morgan fingerprint density at radius 2 is 1.81 bits per heavy atom. The zero-order chi connectivity index (χ0) is 23.1. The predicted molar refractivity (Wildman–Crippen MR) is 116 cm³/mol. The number of fused-ring (bicyclic) bond motifs is 1. The number of esters is 1. The van der Waals surface area contributed by atoms with Crippen LogP contribution in [-0.4, -0.2) is 58.0 Å². The van der Waals surface area contributed by atoms with Crippen molar-refractivity contribution < 1.29 is 36.6 Å². The molecule has 1 aliphatic heterocycles. The summed E-state index contributed by atoms with van der Waals surface area (Å²) in [5, 5.41) is 0. The lowest BCUT2D eigenvalue weighted by atomic mass is 10.1. The van der Waals surface area contributed by atoms with E-state index in [2.05, 4.69) is 4.72 Å². The van der Waals surface area contributed by atoms with Crippen LogP contribution in [0, 0.1) is 5.82 Å². The van der Waals surface area contributed by atoms with Gasteiger partial charge in [-0.2, -0.15) is 16.5 Å². The summed E-state index contributed by atoms with van der Waals surface area (Å²) >= 11 is 1.43. The van der Waals surface area contributed by atoms with Crippen molar-refractivity contribution in [3.8, 4) is 11.5 Å². The number of rotatable bonds is 10. The van der Waals surface area contributed by atoms with Crippen LogP contribution >= 0.6 is 11.8 Å². The number of hydrogen-bond acceptors (Lipinski definition) is 8. The highest BCUT2D eigenvalue weighted by molar-refractivity contribution is 7.98. The Kier molecular flexibility index (Phi) is 8.10. The molecule has 172 valence electrons. The van der Waals surface area contributed by atoms with Gasteiger partial charge in [0.25, 0.3) is 0 Å². The molecular formula is C21H22FNO7S2. The van der Waals surface area contributed by atoms with E-state index in [4.69, 9.17) is 14.2 Å². The Morgan fingerprint density at radius 3 is 2.50 bits per heavy atom. The summed E-state index contributed by atoms with van der Waals surface area (Å²) in [5.41, 5.74) is 0.178. The lowest BCUT2D eigenvalue weighted by Crippen LogP contribution is -2.42. The molecule has 3 rings (SSSR count). The minimum absolute atomic E-state index is 0.0916. The molecule has 0 aliphatic carbocycles. The van der Waals surface area contributed by atoms with E-state index in [1.54, 1.807) is 0 Å². The van der Waals surface area contributed by atoms with Crippen LogP contribution in [0.25, 0.3) is 0 Å². The normalized spacial score (nSPS) is 13.9. The molecule has 0 saturated carbocycles. The molecule has 0 amide bonds. The molecule has 0 unspecified atom stereocenters. The molecule has 0 aromatic heterocycles. The van der Waals surface area contributed by atoms with E-state index in [1.807, 2.05) is 6.26 Å². The standard InChI is InChI=1S/C21H22FNO7S2/c1-31-11-8-17(21(25)30-13-18(24)14-2-4-15(22)5-3-14)23-32(26,27)16-6-7-19-20(12-16)29-10-9-28-19/h2-7,12,17,23H,8-11,13H2,1H3/t17-/m0/s1. The summed E-state index contributed by atoms with van der Waals surface area (Å²) < 4.78 is 56.9. The van der Waals surface area contributed by atoms with E-state index in [0.29, 0.717) is 30.5 Å². The lowest BCUT2D eigenvalue weighted by molar-refractivity contribution is -0.144. The molecule has 32 heavy (non-hydrogen) atoms. The van der Waals surface area contributed by atoms with E-state index < -0.39 is 40.2 Å². The van der Waals surface area contributed by atoms with Gasteiger partial charge in [0, 0.05) is 11.6 Å². The Balaban J connectivity index is 1.68. The smallest absolute Gasteiger partial charge is 0.324 e. The number of thioether (sulfide) groups is 1. The molecule has 0 fully saturated rings. The number of benzene rings is 2. The summed E-state index contributed by atoms with van der Waals surface area (Å²) in [6.45, 7) is 0.0806. The Bertz CT molecular complexity index is 1070. The molecule has 1 N–H and O–H groups in total. The van der Waals surface area contributed by atoms with Crippen molar-refractivity contribution >= 4 is 33.5 Å². The topological polar surface area (TPSA) is 108 Å². The Labute approximate surface area is 189 Å². The number of sulfonamides is 1. The first-order valence-electron chi connectivity index (χ1n) is 9.66. The van der Waals surface area contributed by atoms with Gasteiger partial charge < -0.3 is 14.2 Å². The van der Waals surface area contributed by atoms with Gasteiger partial charge in [0.1, 0.15) is 25.1 Å². The zero-order valence-electron chi connectivity index (χ0n) is 17.2. The fourth-order valence-electron chi connectivity index (χ4n) is 2.86. The van der Waals surface area contributed by atoms with Gasteiger partial charge in [-0.1, -0.05) is 0 Å². The Hall–Kier alpha value is -2.63. The first kappa shape index (κ1) is 24.0. The second kappa shape index (κ2) is 10.8. The third-order valence-electron chi connectivity index (χ3n) is 4.53. The van der Waals surface area contributed by atoms with Crippen molar-refractivity contribution in [1.82, 2.24) is 4.72 Å². The highest BCUT2D eigenvalue weighted by Crippen LogP contribution is 2.32. The van der Waals surface area contributed by atoms with E-state index in [9.17, 15) is 22.4 Å². The van der Waals surface area contributed by atoms with Gasteiger partial charge >= 0.3 is 5.97 Å². The maximum atomic E-state index is 13.0. The molecule has 2 aromatic rings. The monoisotopic (exact) mass is 483 g/mol. The minimum atomic E-state index is -4.09. The molecule has 0 spiro atoms.